The summed E-state index contributed by atoms with van der Waals surface area (Å²) in [5, 5.41) is 4.53. The number of benzene rings is 2. The Balaban J connectivity index is 1.81. The van der Waals surface area contributed by atoms with Gasteiger partial charge >= 0.3 is 0 Å². The number of allylic oxidation sites excluding steroid dienone is 2. The zero-order valence-corrected chi connectivity index (χ0v) is 13.7. The lowest BCUT2D eigenvalue weighted by Gasteiger charge is -2.38. The lowest BCUT2D eigenvalue weighted by Crippen LogP contribution is -2.29. The molecule has 1 aliphatic carbocycles. The molecule has 1 aliphatic heterocycles. The quantitative estimate of drug-likeness (QED) is 0.622. The first-order valence-electron chi connectivity index (χ1n) is 7.21. The molecule has 0 amide bonds. The molecule has 0 unspecified atom stereocenters. The molecule has 0 aromatic heterocycles. The number of rotatable bonds is 1. The molecule has 1 heterocycles. The monoisotopic (exact) mass is 359 g/mol. The van der Waals surface area contributed by atoms with Gasteiger partial charge in [-0.15, -0.1) is 0 Å². The molecule has 0 fully saturated rings. The van der Waals surface area contributed by atoms with E-state index in [0.29, 0.717) is 17.9 Å². The Labute approximate surface area is 138 Å². The highest BCUT2D eigenvalue weighted by Crippen LogP contribution is 2.51. The van der Waals surface area contributed by atoms with Crippen molar-refractivity contribution in [3.63, 3.8) is 0 Å². The second-order valence-corrected chi connectivity index (χ2v) is 7.02. The summed E-state index contributed by atoms with van der Waals surface area (Å²) in [6, 6.07) is 15.0. The smallest absolute Gasteiger partial charge is 0.0554 e. The number of nitrogens with one attached hydrogen (secondary N) is 1. The Morgan fingerprint density at radius 1 is 1.10 bits per heavy atom. The van der Waals surface area contributed by atoms with Crippen LogP contribution < -0.4 is 5.32 Å². The van der Waals surface area contributed by atoms with E-state index in [1.165, 1.54) is 16.8 Å². The topological polar surface area (TPSA) is 12.0 Å². The Kier molecular flexibility index (Phi) is 3.31. The highest BCUT2D eigenvalue weighted by molar-refractivity contribution is 9.10. The number of para-hydroxylation sites is 1. The summed E-state index contributed by atoms with van der Waals surface area (Å²) in [6.07, 6.45) is 5.80. The maximum atomic E-state index is 6.03. The molecule has 0 bridgehead atoms. The van der Waals surface area contributed by atoms with Crippen LogP contribution in [-0.4, -0.2) is 0 Å². The molecule has 2 aliphatic rings. The zero-order valence-electron chi connectivity index (χ0n) is 11.4. The minimum absolute atomic E-state index is 0.327. The van der Waals surface area contributed by atoms with Crippen molar-refractivity contribution in [3.05, 3.63) is 75.2 Å². The molecule has 0 spiro atoms. The lowest BCUT2D eigenvalue weighted by atomic mass is 9.77. The van der Waals surface area contributed by atoms with Gasteiger partial charge in [-0.3, -0.25) is 0 Å². The predicted octanol–water partition coefficient (Wildman–Crippen LogP) is 5.93. The first-order valence-corrected chi connectivity index (χ1v) is 8.38. The van der Waals surface area contributed by atoms with Gasteiger partial charge in [0.15, 0.2) is 0 Å². The van der Waals surface area contributed by atoms with Crippen LogP contribution in [-0.2, 0) is 0 Å². The maximum Gasteiger partial charge on any atom is 0.0554 e. The summed E-state index contributed by atoms with van der Waals surface area (Å²) in [4.78, 5) is 0. The fourth-order valence-electron chi connectivity index (χ4n) is 3.58. The third-order valence-electron chi connectivity index (χ3n) is 4.58. The molecule has 0 radical (unpaired) electrons. The third kappa shape index (κ3) is 2.21. The van der Waals surface area contributed by atoms with E-state index in [1.807, 2.05) is 12.1 Å². The van der Waals surface area contributed by atoms with Gasteiger partial charge in [0.2, 0.25) is 0 Å². The molecule has 3 heteroatoms. The summed E-state index contributed by atoms with van der Waals surface area (Å²) in [7, 11) is 0. The van der Waals surface area contributed by atoms with Crippen molar-refractivity contribution >= 4 is 33.2 Å². The fourth-order valence-corrected chi connectivity index (χ4v) is 4.21. The number of hydrogen-bond acceptors (Lipinski definition) is 1. The van der Waals surface area contributed by atoms with E-state index in [2.05, 4.69) is 63.7 Å². The van der Waals surface area contributed by atoms with Crippen LogP contribution in [0.2, 0.25) is 5.02 Å². The Morgan fingerprint density at radius 3 is 2.71 bits per heavy atom. The van der Waals surface area contributed by atoms with Crippen LogP contribution >= 0.6 is 27.5 Å². The highest BCUT2D eigenvalue weighted by Gasteiger charge is 2.38. The van der Waals surface area contributed by atoms with E-state index in [-0.39, 0.29) is 0 Å². The maximum absolute atomic E-state index is 6.03. The molecule has 0 saturated carbocycles. The van der Waals surface area contributed by atoms with Crippen molar-refractivity contribution < 1.29 is 0 Å². The number of fused-ring (bicyclic) bond motifs is 3. The summed E-state index contributed by atoms with van der Waals surface area (Å²) >= 11 is 9.71. The van der Waals surface area contributed by atoms with E-state index in [4.69, 9.17) is 11.6 Å². The van der Waals surface area contributed by atoms with Gasteiger partial charge in [0.05, 0.1) is 11.7 Å². The minimum atomic E-state index is 0.327. The van der Waals surface area contributed by atoms with Crippen molar-refractivity contribution in [2.75, 3.05) is 5.32 Å². The molecular weight excluding hydrogens is 346 g/mol. The molecular formula is C18H15BrClN. The van der Waals surface area contributed by atoms with Crippen LogP contribution in [0.5, 0.6) is 0 Å². The van der Waals surface area contributed by atoms with Crippen LogP contribution in [0.4, 0.5) is 5.69 Å². The average Bonchev–Trinajstić information content (AvgIpc) is 2.98. The van der Waals surface area contributed by atoms with Gasteiger partial charge in [-0.05, 0) is 57.6 Å². The largest absolute Gasteiger partial charge is 0.377 e. The van der Waals surface area contributed by atoms with Gasteiger partial charge in [-0.1, -0.05) is 48.0 Å². The van der Waals surface area contributed by atoms with Gasteiger partial charge in [-0.25, -0.2) is 0 Å². The summed E-state index contributed by atoms with van der Waals surface area (Å²) in [5.41, 5.74) is 3.93. The fraction of sp³-hybridized carbons (Fsp3) is 0.222. The molecule has 0 saturated heterocycles. The molecule has 1 N–H and O–H groups in total. The molecule has 1 nitrogen and oxygen atoms in total. The SMILES string of the molecule is Clc1ccc([C@@H]2Nc3c(Br)cccc3[C@@H]3C=CC[C@H]32)cc1. The molecule has 2 aromatic carbocycles. The average molecular weight is 361 g/mol. The summed E-state index contributed by atoms with van der Waals surface area (Å²) in [6.45, 7) is 0. The van der Waals surface area contributed by atoms with Crippen LogP contribution in [0.15, 0.2) is 59.1 Å². The standard InChI is InChI=1S/C18H15BrClN/c19-16-6-2-5-15-13-3-1-4-14(13)17(21-18(15)16)11-7-9-12(20)10-8-11/h1-3,5-10,13-14,17,21H,4H2/t13-,14-,17+/m1/s1. The van der Waals surface area contributed by atoms with Crippen LogP contribution in [0.3, 0.4) is 0 Å². The van der Waals surface area contributed by atoms with Crippen LogP contribution in [0.1, 0.15) is 29.5 Å². The Hall–Kier alpha value is -1.25. The minimum Gasteiger partial charge on any atom is -0.377 e. The van der Waals surface area contributed by atoms with E-state index in [1.54, 1.807) is 0 Å². The first-order chi connectivity index (χ1) is 10.2. The normalized spacial score (nSPS) is 26.1. The van der Waals surface area contributed by atoms with Crippen LogP contribution in [0.25, 0.3) is 0 Å². The van der Waals surface area contributed by atoms with Crippen molar-refractivity contribution in [2.24, 2.45) is 5.92 Å². The molecule has 106 valence electrons. The first kappa shape index (κ1) is 13.4. The van der Waals surface area contributed by atoms with Crippen LogP contribution in [0, 0.1) is 5.92 Å². The van der Waals surface area contributed by atoms with Gasteiger partial charge in [0.1, 0.15) is 0 Å². The summed E-state index contributed by atoms with van der Waals surface area (Å²) < 4.78 is 1.14. The molecule has 3 atom stereocenters. The van der Waals surface area contributed by atoms with Gasteiger partial charge in [0, 0.05) is 15.4 Å². The Bertz CT molecular complexity index is 708. The molecule has 21 heavy (non-hydrogen) atoms. The second-order valence-electron chi connectivity index (χ2n) is 5.73. The number of halogens is 2. The van der Waals surface area contributed by atoms with E-state index in [0.717, 1.165) is 15.9 Å². The van der Waals surface area contributed by atoms with Gasteiger partial charge < -0.3 is 5.32 Å². The third-order valence-corrected chi connectivity index (χ3v) is 5.49. The zero-order chi connectivity index (χ0) is 14.4. The van der Waals surface area contributed by atoms with Gasteiger partial charge in [0.25, 0.3) is 0 Å². The highest BCUT2D eigenvalue weighted by atomic mass is 79.9. The van der Waals surface area contributed by atoms with Crippen molar-refractivity contribution in [2.45, 2.75) is 18.4 Å². The molecule has 2 aromatic rings. The number of hydrogen-bond donors (Lipinski definition) is 1. The van der Waals surface area contributed by atoms with E-state index < -0.39 is 0 Å². The van der Waals surface area contributed by atoms with E-state index in [9.17, 15) is 0 Å². The molecule has 4 rings (SSSR count). The predicted molar refractivity (Wildman–Crippen MR) is 91.9 cm³/mol. The van der Waals surface area contributed by atoms with Crippen molar-refractivity contribution in [1.29, 1.82) is 0 Å². The van der Waals surface area contributed by atoms with Crippen molar-refractivity contribution in [1.82, 2.24) is 0 Å². The summed E-state index contributed by atoms with van der Waals surface area (Å²) in [5.74, 6) is 1.08. The second kappa shape index (κ2) is 5.19. The van der Waals surface area contributed by atoms with E-state index >= 15 is 0 Å². The number of anilines is 1. The van der Waals surface area contributed by atoms with Crippen molar-refractivity contribution in [3.8, 4) is 0 Å². The van der Waals surface area contributed by atoms with Gasteiger partial charge in [-0.2, -0.15) is 0 Å². The Morgan fingerprint density at radius 2 is 1.90 bits per heavy atom. The lowest BCUT2D eigenvalue weighted by molar-refractivity contribution is 0.425.